The van der Waals surface area contributed by atoms with E-state index in [1.165, 1.54) is 9.25 Å². The molecule has 8 heteroatoms. The second-order valence-electron chi connectivity index (χ2n) is 6.76. The van der Waals surface area contributed by atoms with E-state index in [0.717, 1.165) is 11.1 Å². The van der Waals surface area contributed by atoms with Gasteiger partial charge in [-0.3, -0.25) is 9.36 Å². The normalized spacial score (nSPS) is 10.9. The molecule has 0 aliphatic heterocycles. The van der Waals surface area contributed by atoms with Gasteiger partial charge in [0.05, 0.1) is 0 Å². The molecule has 0 unspecified atom stereocenters. The van der Waals surface area contributed by atoms with Crippen molar-refractivity contribution in [2.24, 2.45) is 0 Å². The molecule has 5 nitrogen and oxygen atoms in total. The summed E-state index contributed by atoms with van der Waals surface area (Å²) in [4.78, 5) is 25.2. The van der Waals surface area contributed by atoms with Crippen molar-refractivity contribution in [1.29, 1.82) is 0 Å². The first-order valence-corrected chi connectivity index (χ1v) is 10.5. The zero-order chi connectivity index (χ0) is 21.7. The van der Waals surface area contributed by atoms with Crippen LogP contribution in [0.5, 0.6) is 0 Å². The van der Waals surface area contributed by atoms with Gasteiger partial charge in [0.15, 0.2) is 11.6 Å². The summed E-state index contributed by atoms with van der Waals surface area (Å²) in [6, 6.07) is 12.3. The first kappa shape index (κ1) is 22.3. The molecule has 30 heavy (non-hydrogen) atoms. The quantitative estimate of drug-likeness (QED) is 0.396. The zero-order valence-corrected chi connectivity index (χ0v) is 18.4. The van der Waals surface area contributed by atoms with Crippen LogP contribution < -0.4 is 5.69 Å². The molecule has 2 aromatic carbocycles. The summed E-state index contributed by atoms with van der Waals surface area (Å²) in [6.45, 7) is 3.88. The Labute approximate surface area is 189 Å². The van der Waals surface area contributed by atoms with Gasteiger partial charge in [-0.25, -0.2) is 9.48 Å². The number of rotatable bonds is 9. The first-order chi connectivity index (χ1) is 14.4. The van der Waals surface area contributed by atoms with Gasteiger partial charge in [0.2, 0.25) is 0 Å². The van der Waals surface area contributed by atoms with Crippen LogP contribution >= 0.6 is 34.8 Å². The van der Waals surface area contributed by atoms with Crippen LogP contribution in [0.15, 0.2) is 59.9 Å². The molecule has 0 N–H and O–H groups in total. The van der Waals surface area contributed by atoms with Crippen molar-refractivity contribution in [3.05, 3.63) is 86.2 Å². The lowest BCUT2D eigenvalue weighted by Gasteiger charge is -2.06. The predicted octanol–water partition coefficient (Wildman–Crippen LogP) is 5.45. The lowest BCUT2D eigenvalue weighted by molar-refractivity contribution is -0.119. The molecule has 0 amide bonds. The average molecular weight is 465 g/mol. The molecule has 0 aliphatic rings. The second-order valence-corrected chi connectivity index (χ2v) is 8.01. The van der Waals surface area contributed by atoms with Gasteiger partial charge in [0.1, 0.15) is 6.54 Å². The van der Waals surface area contributed by atoms with Gasteiger partial charge in [-0.15, -0.1) is 11.7 Å². The Morgan fingerprint density at radius 2 is 1.73 bits per heavy atom. The SMILES string of the molecule is C=CCn1c(-c2ccc(Cl)cc2)nn(CC(=O)CCCc2c(Cl)cccc2Cl)c1=O. The molecule has 3 rings (SSSR count). The Hall–Kier alpha value is -2.34. The number of ketones is 1. The molecule has 0 saturated heterocycles. The summed E-state index contributed by atoms with van der Waals surface area (Å²) < 4.78 is 2.67. The first-order valence-electron chi connectivity index (χ1n) is 9.39. The average Bonchev–Trinajstić information content (AvgIpc) is 3.01. The van der Waals surface area contributed by atoms with E-state index >= 15 is 0 Å². The van der Waals surface area contributed by atoms with Gasteiger partial charge in [0, 0.05) is 33.6 Å². The Morgan fingerprint density at radius 1 is 1.07 bits per heavy atom. The Morgan fingerprint density at radius 3 is 2.37 bits per heavy atom. The van der Waals surface area contributed by atoms with Crippen LogP contribution in [0.2, 0.25) is 15.1 Å². The Bertz CT molecular complexity index is 1100. The third-order valence-electron chi connectivity index (χ3n) is 4.61. The number of carbonyl (C=O) groups excluding carboxylic acids is 1. The molecule has 156 valence electrons. The Kier molecular flexibility index (Phi) is 7.53. The monoisotopic (exact) mass is 463 g/mol. The summed E-state index contributed by atoms with van der Waals surface area (Å²) in [5, 5.41) is 6.13. The zero-order valence-electron chi connectivity index (χ0n) is 16.2. The predicted molar refractivity (Wildman–Crippen MR) is 122 cm³/mol. The molecular formula is C22H20Cl3N3O2. The minimum atomic E-state index is -0.359. The van der Waals surface area contributed by atoms with Crippen molar-refractivity contribution in [1.82, 2.24) is 14.3 Å². The van der Waals surface area contributed by atoms with Crippen LogP contribution in [0.1, 0.15) is 18.4 Å². The number of hydrogen-bond acceptors (Lipinski definition) is 3. The molecule has 0 aliphatic carbocycles. The van der Waals surface area contributed by atoms with Crippen molar-refractivity contribution in [2.45, 2.75) is 32.4 Å². The van der Waals surface area contributed by atoms with Gasteiger partial charge in [0.25, 0.3) is 0 Å². The van der Waals surface area contributed by atoms with Crippen LogP contribution in [0.25, 0.3) is 11.4 Å². The molecule has 3 aromatic rings. The fourth-order valence-electron chi connectivity index (χ4n) is 3.13. The van der Waals surface area contributed by atoms with Gasteiger partial charge in [-0.1, -0.05) is 46.9 Å². The van der Waals surface area contributed by atoms with Crippen molar-refractivity contribution in [3.8, 4) is 11.4 Å². The van der Waals surface area contributed by atoms with Gasteiger partial charge in [-0.05, 0) is 54.8 Å². The maximum absolute atomic E-state index is 12.7. The standard InChI is InChI=1S/C22H20Cl3N3O2/c1-2-13-27-21(15-9-11-16(23)12-10-15)26-28(22(27)30)14-17(29)5-3-6-18-19(24)7-4-8-20(18)25/h2,4,7-12H,1,3,5-6,13-14H2. The van der Waals surface area contributed by atoms with E-state index in [1.54, 1.807) is 48.5 Å². The summed E-state index contributed by atoms with van der Waals surface area (Å²) in [6.07, 6.45) is 3.06. The third-order valence-corrected chi connectivity index (χ3v) is 5.57. The maximum Gasteiger partial charge on any atom is 0.346 e. The van der Waals surface area contributed by atoms with Crippen molar-refractivity contribution in [3.63, 3.8) is 0 Å². The number of aromatic nitrogens is 3. The highest BCUT2D eigenvalue weighted by molar-refractivity contribution is 6.36. The van der Waals surface area contributed by atoms with Gasteiger partial charge in [-0.2, -0.15) is 0 Å². The highest BCUT2D eigenvalue weighted by Gasteiger charge is 2.16. The van der Waals surface area contributed by atoms with Crippen LogP contribution in [0.3, 0.4) is 0 Å². The van der Waals surface area contributed by atoms with E-state index < -0.39 is 0 Å². The molecule has 1 aromatic heterocycles. The Balaban J connectivity index is 1.72. The van der Waals surface area contributed by atoms with E-state index in [0.29, 0.717) is 40.2 Å². The number of carbonyl (C=O) groups is 1. The molecule has 1 heterocycles. The second kappa shape index (κ2) is 10.1. The molecule has 0 bridgehead atoms. The van der Waals surface area contributed by atoms with Crippen LogP contribution in [-0.4, -0.2) is 20.1 Å². The van der Waals surface area contributed by atoms with Crippen molar-refractivity contribution < 1.29 is 4.79 Å². The summed E-state index contributed by atoms with van der Waals surface area (Å²) in [5.41, 5.74) is 1.20. The van der Waals surface area contributed by atoms with Crippen LogP contribution in [0.4, 0.5) is 0 Å². The molecular weight excluding hydrogens is 445 g/mol. The molecule has 0 saturated carbocycles. The van der Waals surface area contributed by atoms with E-state index in [2.05, 4.69) is 11.7 Å². The topological polar surface area (TPSA) is 56.9 Å². The highest BCUT2D eigenvalue weighted by Crippen LogP contribution is 2.26. The lowest BCUT2D eigenvalue weighted by Crippen LogP contribution is -2.27. The van der Waals surface area contributed by atoms with Gasteiger partial charge >= 0.3 is 5.69 Å². The number of Topliss-reactive ketones (excluding diaryl/α,β-unsaturated/α-hetero) is 1. The van der Waals surface area contributed by atoms with Crippen molar-refractivity contribution >= 4 is 40.6 Å². The van der Waals surface area contributed by atoms with Gasteiger partial charge < -0.3 is 0 Å². The molecule has 0 atom stereocenters. The third kappa shape index (κ3) is 5.22. The fourth-order valence-corrected chi connectivity index (χ4v) is 3.84. The number of allylic oxidation sites excluding steroid dienone is 1. The van der Waals surface area contributed by atoms with Crippen LogP contribution in [-0.2, 0) is 24.3 Å². The minimum Gasteiger partial charge on any atom is -0.298 e. The molecule has 0 radical (unpaired) electrons. The number of hydrogen-bond donors (Lipinski definition) is 0. The number of nitrogens with zero attached hydrogens (tertiary/aromatic N) is 3. The molecule has 0 spiro atoms. The summed E-state index contributed by atoms with van der Waals surface area (Å²) in [5.74, 6) is 0.374. The largest absolute Gasteiger partial charge is 0.346 e. The van der Waals surface area contributed by atoms with Crippen LogP contribution in [0, 0.1) is 0 Å². The highest BCUT2D eigenvalue weighted by atomic mass is 35.5. The lowest BCUT2D eigenvalue weighted by atomic mass is 10.1. The smallest absolute Gasteiger partial charge is 0.298 e. The van der Waals surface area contributed by atoms with E-state index in [-0.39, 0.29) is 24.6 Å². The van der Waals surface area contributed by atoms with E-state index in [9.17, 15) is 9.59 Å². The number of benzene rings is 2. The summed E-state index contributed by atoms with van der Waals surface area (Å²) >= 11 is 18.3. The minimum absolute atomic E-state index is 0.0915. The number of halogens is 3. The fraction of sp³-hybridized carbons (Fsp3) is 0.227. The molecule has 0 fully saturated rings. The van der Waals surface area contributed by atoms with Crippen molar-refractivity contribution in [2.75, 3.05) is 0 Å². The van der Waals surface area contributed by atoms with E-state index in [4.69, 9.17) is 34.8 Å². The summed E-state index contributed by atoms with van der Waals surface area (Å²) in [7, 11) is 0. The van der Waals surface area contributed by atoms with E-state index in [1.807, 2.05) is 0 Å². The maximum atomic E-state index is 12.7.